The summed E-state index contributed by atoms with van der Waals surface area (Å²) in [5, 5.41) is 3.12. The number of hydrogen-bond donors (Lipinski definition) is 1. The number of nitrogens with zero attached hydrogens (tertiary/aromatic N) is 3. The van der Waals surface area contributed by atoms with E-state index in [1.54, 1.807) is 12.5 Å². The maximum absolute atomic E-state index is 13.8. The van der Waals surface area contributed by atoms with Gasteiger partial charge in [0.15, 0.2) is 0 Å². The molecule has 0 fully saturated rings. The van der Waals surface area contributed by atoms with Crippen molar-refractivity contribution in [2.45, 2.75) is 13.8 Å². The Morgan fingerprint density at radius 2 is 2.19 bits per heavy atom. The van der Waals surface area contributed by atoms with Crippen LogP contribution in [-0.4, -0.2) is 29.8 Å². The van der Waals surface area contributed by atoms with Crippen molar-refractivity contribution in [1.82, 2.24) is 9.88 Å². The van der Waals surface area contributed by atoms with Gasteiger partial charge in [-0.05, 0) is 43.7 Å². The first kappa shape index (κ1) is 15.0. The Labute approximate surface area is 124 Å². The normalized spacial score (nSPS) is 10.9. The van der Waals surface area contributed by atoms with Crippen molar-refractivity contribution >= 4 is 23.5 Å². The molecule has 2 rings (SSSR count). The molecule has 0 saturated carbocycles. The average molecular weight is 286 g/mol. The molecule has 0 unspecified atom stereocenters. The second-order valence-electron chi connectivity index (χ2n) is 4.76. The minimum atomic E-state index is -0.328. The van der Waals surface area contributed by atoms with Crippen LogP contribution in [0, 0.1) is 12.7 Å². The van der Waals surface area contributed by atoms with Gasteiger partial charge in [-0.2, -0.15) is 0 Å². The van der Waals surface area contributed by atoms with Crippen LogP contribution in [0.25, 0.3) is 0 Å². The van der Waals surface area contributed by atoms with Crippen LogP contribution in [-0.2, 0) is 0 Å². The summed E-state index contributed by atoms with van der Waals surface area (Å²) in [6.07, 6.45) is 3.39. The zero-order valence-corrected chi connectivity index (χ0v) is 12.5. The van der Waals surface area contributed by atoms with E-state index >= 15 is 0 Å². The lowest BCUT2D eigenvalue weighted by Gasteiger charge is -2.12. The first-order chi connectivity index (χ1) is 10.1. The number of nitrogens with one attached hydrogen (secondary N) is 1. The number of halogens is 1. The van der Waals surface area contributed by atoms with E-state index in [4.69, 9.17) is 0 Å². The zero-order chi connectivity index (χ0) is 15.2. The molecule has 1 aromatic carbocycles. The predicted octanol–water partition coefficient (Wildman–Crippen LogP) is 3.88. The van der Waals surface area contributed by atoms with Crippen molar-refractivity contribution in [3.63, 3.8) is 0 Å². The number of aromatic nitrogens is 1. The van der Waals surface area contributed by atoms with Gasteiger partial charge in [0, 0.05) is 25.5 Å². The maximum atomic E-state index is 13.8. The van der Waals surface area contributed by atoms with E-state index in [1.165, 1.54) is 12.1 Å². The lowest BCUT2D eigenvalue weighted by Crippen LogP contribution is -2.14. The molecule has 110 valence electrons. The summed E-state index contributed by atoms with van der Waals surface area (Å²) < 4.78 is 13.8. The molecule has 0 bridgehead atoms. The summed E-state index contributed by atoms with van der Waals surface area (Å²) in [6, 6.07) is 8.42. The minimum Gasteiger partial charge on any atom is -0.366 e. The Morgan fingerprint density at radius 3 is 2.86 bits per heavy atom. The number of benzene rings is 1. The second kappa shape index (κ2) is 6.83. The molecule has 1 aromatic heterocycles. The molecule has 0 aliphatic heterocycles. The highest BCUT2D eigenvalue weighted by Crippen LogP contribution is 2.29. The number of hydrogen-bond acceptors (Lipinski definition) is 3. The molecule has 21 heavy (non-hydrogen) atoms. The van der Waals surface area contributed by atoms with E-state index in [0.717, 1.165) is 12.1 Å². The van der Waals surface area contributed by atoms with Gasteiger partial charge < -0.3 is 10.2 Å². The Kier molecular flexibility index (Phi) is 4.87. The summed E-state index contributed by atoms with van der Waals surface area (Å²) in [7, 11) is 1.92. The fourth-order valence-corrected chi connectivity index (χ4v) is 1.75. The summed E-state index contributed by atoms with van der Waals surface area (Å²) in [6.45, 7) is 4.78. The molecule has 0 spiro atoms. The molecule has 0 saturated heterocycles. The van der Waals surface area contributed by atoms with E-state index in [2.05, 4.69) is 15.3 Å². The van der Waals surface area contributed by atoms with Gasteiger partial charge >= 0.3 is 0 Å². The molecule has 0 aliphatic carbocycles. The van der Waals surface area contributed by atoms with E-state index in [-0.39, 0.29) is 5.82 Å². The SMILES string of the molecule is CCN(C)/C=N/c1cc(F)cc(Nc2ccccn2)c1C. The molecule has 0 radical (unpaired) electrons. The van der Waals surface area contributed by atoms with Gasteiger partial charge in [0.2, 0.25) is 0 Å². The van der Waals surface area contributed by atoms with Crippen LogP contribution >= 0.6 is 0 Å². The highest BCUT2D eigenvalue weighted by molar-refractivity contribution is 5.71. The number of aliphatic imine (C=N–C) groups is 1. The third-order valence-corrected chi connectivity index (χ3v) is 3.17. The first-order valence-corrected chi connectivity index (χ1v) is 6.82. The topological polar surface area (TPSA) is 40.5 Å². The fourth-order valence-electron chi connectivity index (χ4n) is 1.75. The molecular formula is C16H19FN4. The van der Waals surface area contributed by atoms with Crippen molar-refractivity contribution in [3.8, 4) is 0 Å². The maximum Gasteiger partial charge on any atom is 0.130 e. The zero-order valence-electron chi connectivity index (χ0n) is 12.5. The fraction of sp³-hybridized carbons (Fsp3) is 0.250. The summed E-state index contributed by atoms with van der Waals surface area (Å²) >= 11 is 0. The Bertz CT molecular complexity index is 626. The molecular weight excluding hydrogens is 267 g/mol. The van der Waals surface area contributed by atoms with E-state index in [9.17, 15) is 4.39 Å². The summed E-state index contributed by atoms with van der Waals surface area (Å²) in [5.74, 6) is 0.345. The van der Waals surface area contributed by atoms with Crippen LogP contribution < -0.4 is 5.32 Å². The standard InChI is InChI=1S/C16H19FN4/c1-4-21(3)11-19-14-9-13(17)10-15(12(14)2)20-16-7-5-6-8-18-16/h5-11H,4H2,1-3H3,(H,18,20)/b19-11+. The van der Waals surface area contributed by atoms with Gasteiger partial charge in [-0.1, -0.05) is 6.07 Å². The van der Waals surface area contributed by atoms with Gasteiger partial charge in [0.1, 0.15) is 11.6 Å². The van der Waals surface area contributed by atoms with Gasteiger partial charge in [0.25, 0.3) is 0 Å². The van der Waals surface area contributed by atoms with Crippen molar-refractivity contribution in [3.05, 3.63) is 47.9 Å². The monoisotopic (exact) mass is 286 g/mol. The van der Waals surface area contributed by atoms with Crippen LogP contribution in [0.15, 0.2) is 41.5 Å². The van der Waals surface area contributed by atoms with Crippen LogP contribution in [0.5, 0.6) is 0 Å². The molecule has 1 N–H and O–H groups in total. The van der Waals surface area contributed by atoms with E-state index in [1.807, 2.05) is 44.0 Å². The van der Waals surface area contributed by atoms with Crippen LogP contribution in [0.2, 0.25) is 0 Å². The number of pyridine rings is 1. The number of rotatable bonds is 5. The van der Waals surface area contributed by atoms with Gasteiger partial charge in [-0.3, -0.25) is 0 Å². The van der Waals surface area contributed by atoms with Gasteiger partial charge in [-0.25, -0.2) is 14.4 Å². The Balaban J connectivity index is 2.30. The lowest BCUT2D eigenvalue weighted by atomic mass is 10.1. The van der Waals surface area contributed by atoms with E-state index < -0.39 is 0 Å². The first-order valence-electron chi connectivity index (χ1n) is 6.82. The third-order valence-electron chi connectivity index (χ3n) is 3.17. The minimum absolute atomic E-state index is 0.328. The molecule has 1 heterocycles. The van der Waals surface area contributed by atoms with Gasteiger partial charge in [-0.15, -0.1) is 0 Å². The second-order valence-corrected chi connectivity index (χ2v) is 4.76. The molecule has 4 nitrogen and oxygen atoms in total. The van der Waals surface area contributed by atoms with Crippen molar-refractivity contribution in [1.29, 1.82) is 0 Å². The van der Waals surface area contributed by atoms with Gasteiger partial charge in [0.05, 0.1) is 12.0 Å². The summed E-state index contributed by atoms with van der Waals surface area (Å²) in [5.41, 5.74) is 2.15. The van der Waals surface area contributed by atoms with Crippen LogP contribution in [0.3, 0.4) is 0 Å². The molecule has 5 heteroatoms. The smallest absolute Gasteiger partial charge is 0.130 e. The number of anilines is 2. The largest absolute Gasteiger partial charge is 0.366 e. The van der Waals surface area contributed by atoms with E-state index in [0.29, 0.717) is 17.2 Å². The lowest BCUT2D eigenvalue weighted by molar-refractivity contribution is 0.552. The Hall–Kier alpha value is -2.43. The van der Waals surface area contributed by atoms with Crippen molar-refractivity contribution < 1.29 is 4.39 Å². The molecule has 2 aromatic rings. The highest BCUT2D eigenvalue weighted by Gasteiger charge is 2.07. The molecule has 0 aliphatic rings. The van der Waals surface area contributed by atoms with Crippen molar-refractivity contribution in [2.24, 2.45) is 4.99 Å². The van der Waals surface area contributed by atoms with Crippen LogP contribution in [0.4, 0.5) is 21.6 Å². The average Bonchev–Trinajstić information content (AvgIpc) is 2.49. The van der Waals surface area contributed by atoms with Crippen molar-refractivity contribution in [2.75, 3.05) is 18.9 Å². The highest BCUT2D eigenvalue weighted by atomic mass is 19.1. The summed E-state index contributed by atoms with van der Waals surface area (Å²) in [4.78, 5) is 10.4. The van der Waals surface area contributed by atoms with Crippen LogP contribution in [0.1, 0.15) is 12.5 Å². The molecule has 0 amide bonds. The third kappa shape index (κ3) is 4.02. The molecule has 0 atom stereocenters. The predicted molar refractivity (Wildman–Crippen MR) is 85.1 cm³/mol. The Morgan fingerprint density at radius 1 is 1.38 bits per heavy atom. The quantitative estimate of drug-likeness (QED) is 0.669.